The Balaban J connectivity index is -0.000000366. The molecule has 0 fully saturated rings. The van der Waals surface area contributed by atoms with Crippen molar-refractivity contribution in [2.45, 2.75) is 18.4 Å². The van der Waals surface area contributed by atoms with Crippen LogP contribution in [0.15, 0.2) is 0 Å². The normalized spacial score (nSPS) is 10.5. The summed E-state index contributed by atoms with van der Waals surface area (Å²) in [4.78, 5) is 30.5. The fourth-order valence-electron chi connectivity index (χ4n) is 0.714. The molecular formula is C6H10CuO11S. The van der Waals surface area contributed by atoms with E-state index >= 15 is 0 Å². The Kier molecular flexibility index (Phi) is 10.6. The molecule has 0 heterocycles. The Morgan fingerprint density at radius 1 is 0.895 bits per heavy atom. The van der Waals surface area contributed by atoms with Gasteiger partial charge in [0, 0.05) is 17.1 Å². The van der Waals surface area contributed by atoms with Crippen molar-refractivity contribution >= 4 is 28.3 Å². The van der Waals surface area contributed by atoms with Crippen LogP contribution in [-0.4, -0.2) is 61.5 Å². The first-order valence-corrected chi connectivity index (χ1v) is 5.27. The molecule has 0 aliphatic carbocycles. The topological polar surface area (TPSA) is 207 Å². The second kappa shape index (κ2) is 8.79. The molecule has 0 saturated heterocycles. The van der Waals surface area contributed by atoms with Gasteiger partial charge in [-0.25, -0.2) is 4.79 Å². The van der Waals surface area contributed by atoms with Crippen LogP contribution in [-0.2, 0) is 41.9 Å². The van der Waals surface area contributed by atoms with Gasteiger partial charge >= 0.3 is 28.3 Å². The van der Waals surface area contributed by atoms with Gasteiger partial charge in [0.15, 0.2) is 5.60 Å². The van der Waals surface area contributed by atoms with E-state index in [4.69, 9.17) is 37.9 Å². The summed E-state index contributed by atoms with van der Waals surface area (Å²) in [5, 5.41) is 33.8. The van der Waals surface area contributed by atoms with Crippen molar-refractivity contribution in [3.8, 4) is 0 Å². The summed E-state index contributed by atoms with van der Waals surface area (Å²) < 4.78 is 31.6. The quantitative estimate of drug-likeness (QED) is 0.237. The molecule has 0 aliphatic rings. The molecular weight excluding hydrogens is 344 g/mol. The monoisotopic (exact) mass is 353 g/mol. The van der Waals surface area contributed by atoms with Crippen molar-refractivity contribution in [3.63, 3.8) is 0 Å². The number of aliphatic carboxylic acids is 3. The van der Waals surface area contributed by atoms with Crippen molar-refractivity contribution in [1.29, 1.82) is 0 Å². The first-order chi connectivity index (χ1) is 7.78. The summed E-state index contributed by atoms with van der Waals surface area (Å²) in [5.41, 5.74) is -2.74. The van der Waals surface area contributed by atoms with E-state index in [2.05, 4.69) is 0 Å². The minimum absolute atomic E-state index is 0. The first-order valence-electron chi connectivity index (χ1n) is 3.87. The number of carboxylic acid groups (broad SMARTS) is 3. The molecule has 0 bridgehead atoms. The van der Waals surface area contributed by atoms with Gasteiger partial charge < -0.3 is 20.4 Å². The van der Waals surface area contributed by atoms with Gasteiger partial charge in [0.1, 0.15) is 0 Å². The number of aliphatic hydroxyl groups is 1. The van der Waals surface area contributed by atoms with Crippen LogP contribution in [0.4, 0.5) is 0 Å². The van der Waals surface area contributed by atoms with Crippen molar-refractivity contribution in [3.05, 3.63) is 0 Å². The maximum atomic E-state index is 10.3. The van der Waals surface area contributed by atoms with Gasteiger partial charge in [-0.3, -0.25) is 18.7 Å². The van der Waals surface area contributed by atoms with Gasteiger partial charge in [-0.15, -0.1) is 0 Å². The van der Waals surface area contributed by atoms with Crippen LogP contribution in [0.1, 0.15) is 12.8 Å². The minimum atomic E-state index is -4.67. The largest absolute Gasteiger partial charge is 0.481 e. The maximum absolute atomic E-state index is 10.3. The first kappa shape index (κ1) is 22.9. The molecule has 0 aromatic carbocycles. The summed E-state index contributed by atoms with van der Waals surface area (Å²) in [6, 6.07) is 0. The van der Waals surface area contributed by atoms with Crippen LogP contribution in [0.2, 0.25) is 0 Å². The molecule has 0 aliphatic heterocycles. The molecule has 117 valence electrons. The van der Waals surface area contributed by atoms with Crippen LogP contribution >= 0.6 is 0 Å². The molecule has 11 nitrogen and oxygen atoms in total. The Morgan fingerprint density at radius 2 is 1.11 bits per heavy atom. The number of hydrogen-bond acceptors (Lipinski definition) is 6. The summed E-state index contributed by atoms with van der Waals surface area (Å²) in [6.07, 6.45) is -2.29. The van der Waals surface area contributed by atoms with Gasteiger partial charge in [0.05, 0.1) is 12.8 Å². The maximum Gasteiger partial charge on any atom is 0.394 e. The molecule has 6 N–H and O–H groups in total. The van der Waals surface area contributed by atoms with E-state index in [1.807, 2.05) is 0 Å². The fraction of sp³-hybridized carbons (Fsp3) is 0.500. The zero-order valence-electron chi connectivity index (χ0n) is 8.85. The third kappa shape index (κ3) is 16.8. The van der Waals surface area contributed by atoms with Gasteiger partial charge in [-0.1, -0.05) is 0 Å². The second-order valence-electron chi connectivity index (χ2n) is 2.93. The zero-order valence-corrected chi connectivity index (χ0v) is 10.6. The van der Waals surface area contributed by atoms with Crippen molar-refractivity contribution in [2.24, 2.45) is 0 Å². The van der Waals surface area contributed by atoms with Gasteiger partial charge in [-0.2, -0.15) is 8.42 Å². The van der Waals surface area contributed by atoms with E-state index in [0.29, 0.717) is 0 Å². The third-order valence-corrected chi connectivity index (χ3v) is 1.29. The van der Waals surface area contributed by atoms with Crippen LogP contribution in [0.5, 0.6) is 0 Å². The predicted octanol–water partition coefficient (Wildman–Crippen LogP) is -1.90. The van der Waals surface area contributed by atoms with E-state index in [0.717, 1.165) is 0 Å². The van der Waals surface area contributed by atoms with Gasteiger partial charge in [0.25, 0.3) is 0 Å². The molecule has 1 radical (unpaired) electrons. The number of rotatable bonds is 5. The Bertz CT molecular complexity index is 402. The third-order valence-electron chi connectivity index (χ3n) is 1.29. The van der Waals surface area contributed by atoms with Crippen molar-refractivity contribution in [2.75, 3.05) is 0 Å². The molecule has 0 saturated carbocycles. The Morgan fingerprint density at radius 3 is 1.21 bits per heavy atom. The number of carboxylic acids is 3. The van der Waals surface area contributed by atoms with Gasteiger partial charge in [-0.05, 0) is 0 Å². The zero-order chi connectivity index (χ0) is 15.1. The minimum Gasteiger partial charge on any atom is -0.481 e. The fourth-order valence-corrected chi connectivity index (χ4v) is 0.714. The SMILES string of the molecule is O=C(O)CC(O)(CC(=O)O)C(=O)O.O=S(=O)(O)O.[Cu]. The predicted molar refractivity (Wildman–Crippen MR) is 51.3 cm³/mol. The van der Waals surface area contributed by atoms with E-state index in [9.17, 15) is 14.4 Å². The molecule has 0 aromatic heterocycles. The average Bonchev–Trinajstić information content (AvgIpc) is 1.95. The van der Waals surface area contributed by atoms with Crippen LogP contribution in [0.3, 0.4) is 0 Å². The van der Waals surface area contributed by atoms with E-state index < -0.39 is 46.7 Å². The van der Waals surface area contributed by atoms with E-state index in [1.165, 1.54) is 0 Å². The molecule has 13 heteroatoms. The summed E-state index contributed by atoms with van der Waals surface area (Å²) in [6.45, 7) is 0. The number of carbonyl (C=O) groups is 3. The van der Waals surface area contributed by atoms with Crippen LogP contribution in [0.25, 0.3) is 0 Å². The molecule has 0 aromatic rings. The molecule has 0 atom stereocenters. The Hall–Kier alpha value is -1.24. The van der Waals surface area contributed by atoms with Crippen molar-refractivity contribution in [1.82, 2.24) is 0 Å². The van der Waals surface area contributed by atoms with Crippen LogP contribution in [0, 0.1) is 0 Å². The second-order valence-corrected chi connectivity index (χ2v) is 3.82. The standard InChI is InChI=1S/C6H8O7.Cu.H2O4S/c7-3(8)1-6(13,5(11)12)2-4(9)10;;1-5(2,3)4/h13H,1-2H2,(H,7,8)(H,9,10)(H,11,12);;(H2,1,2,3,4). The van der Waals surface area contributed by atoms with E-state index in [-0.39, 0.29) is 17.1 Å². The molecule has 19 heavy (non-hydrogen) atoms. The summed E-state index contributed by atoms with van der Waals surface area (Å²) in [5.74, 6) is -5.02. The average molecular weight is 354 g/mol. The smallest absolute Gasteiger partial charge is 0.394 e. The van der Waals surface area contributed by atoms with E-state index in [1.54, 1.807) is 0 Å². The molecule has 0 rings (SSSR count). The molecule has 0 unspecified atom stereocenters. The molecule has 0 spiro atoms. The van der Waals surface area contributed by atoms with Crippen molar-refractivity contribution < 1.29 is 69.4 Å². The molecule has 0 amide bonds. The Labute approximate surface area is 116 Å². The van der Waals surface area contributed by atoms with Crippen LogP contribution < -0.4 is 0 Å². The summed E-state index contributed by atoms with van der Waals surface area (Å²) >= 11 is 0. The summed E-state index contributed by atoms with van der Waals surface area (Å²) in [7, 11) is -4.67. The number of hydrogen-bond donors (Lipinski definition) is 6. The van der Waals surface area contributed by atoms with Gasteiger partial charge in [0.2, 0.25) is 0 Å².